The molecule has 1 atom stereocenters. The second kappa shape index (κ2) is 7.67. The molecule has 1 saturated heterocycles. The lowest BCUT2D eigenvalue weighted by Crippen LogP contribution is -2.44. The van der Waals surface area contributed by atoms with Crippen molar-refractivity contribution in [3.05, 3.63) is 30.1 Å². The van der Waals surface area contributed by atoms with E-state index in [-0.39, 0.29) is 17.9 Å². The number of aryl methyl sites for hydroxylation is 2. The molecule has 9 heteroatoms. The summed E-state index contributed by atoms with van der Waals surface area (Å²) in [5, 5.41) is 7.97. The van der Waals surface area contributed by atoms with Crippen molar-refractivity contribution in [1.82, 2.24) is 34.3 Å². The van der Waals surface area contributed by atoms with Crippen LogP contribution in [0.5, 0.6) is 0 Å². The number of hydrogen-bond acceptors (Lipinski definition) is 5. The topological polar surface area (TPSA) is 89.2 Å². The van der Waals surface area contributed by atoms with Crippen molar-refractivity contribution in [2.24, 2.45) is 7.05 Å². The molecule has 0 aromatic carbocycles. The third-order valence-corrected chi connectivity index (χ3v) is 4.67. The van der Waals surface area contributed by atoms with E-state index in [1.807, 2.05) is 11.9 Å². The number of imidazole rings is 1. The first-order valence-electron chi connectivity index (χ1n) is 8.86. The zero-order chi connectivity index (χ0) is 18.7. The molecule has 0 spiro atoms. The number of hydrogen-bond donors (Lipinski definition) is 0. The Morgan fingerprint density at radius 2 is 2.04 bits per heavy atom. The van der Waals surface area contributed by atoms with Gasteiger partial charge in [-0.15, -0.1) is 5.10 Å². The van der Waals surface area contributed by atoms with E-state index in [9.17, 15) is 9.59 Å². The van der Waals surface area contributed by atoms with Crippen molar-refractivity contribution in [2.45, 2.75) is 38.3 Å². The fourth-order valence-electron chi connectivity index (χ4n) is 3.25. The summed E-state index contributed by atoms with van der Waals surface area (Å²) < 4.78 is 3.46. The van der Waals surface area contributed by atoms with E-state index < -0.39 is 0 Å². The Kier molecular flexibility index (Phi) is 5.34. The van der Waals surface area contributed by atoms with Gasteiger partial charge in [-0.25, -0.2) is 4.98 Å². The van der Waals surface area contributed by atoms with Gasteiger partial charge in [-0.1, -0.05) is 5.21 Å². The molecular formula is C17H25N7O2. The van der Waals surface area contributed by atoms with Crippen molar-refractivity contribution in [3.63, 3.8) is 0 Å². The highest BCUT2D eigenvalue weighted by Crippen LogP contribution is 2.22. The number of amides is 2. The van der Waals surface area contributed by atoms with Crippen LogP contribution in [0.4, 0.5) is 0 Å². The van der Waals surface area contributed by atoms with Gasteiger partial charge in [-0.3, -0.25) is 14.3 Å². The smallest absolute Gasteiger partial charge is 0.275 e. The maximum atomic E-state index is 12.8. The Bertz CT molecular complexity index is 780. The number of carbonyl (C=O) groups excluding carboxylic acids is 2. The minimum atomic E-state index is -0.166. The van der Waals surface area contributed by atoms with Crippen molar-refractivity contribution >= 4 is 11.8 Å². The molecule has 3 heterocycles. The summed E-state index contributed by atoms with van der Waals surface area (Å²) in [5.41, 5.74) is 0.819. The molecule has 1 aliphatic heterocycles. The van der Waals surface area contributed by atoms with Crippen LogP contribution in [-0.2, 0) is 13.6 Å². The third-order valence-electron chi connectivity index (χ3n) is 4.67. The molecule has 9 nitrogen and oxygen atoms in total. The molecule has 2 amide bonds. The highest BCUT2D eigenvalue weighted by Gasteiger charge is 2.28. The van der Waals surface area contributed by atoms with Gasteiger partial charge in [-0.05, 0) is 25.7 Å². The van der Waals surface area contributed by atoms with E-state index in [0.29, 0.717) is 17.9 Å². The predicted molar refractivity (Wildman–Crippen MR) is 94.5 cm³/mol. The summed E-state index contributed by atoms with van der Waals surface area (Å²) in [5.74, 6) is -0.182. The molecule has 2 aromatic heterocycles. The molecule has 0 N–H and O–H groups in total. The molecule has 0 radical (unpaired) electrons. The molecule has 1 aliphatic rings. The molecule has 1 fully saturated rings. The van der Waals surface area contributed by atoms with Crippen molar-refractivity contribution < 1.29 is 9.59 Å². The lowest BCUT2D eigenvalue weighted by atomic mass is 9.99. The summed E-state index contributed by atoms with van der Waals surface area (Å²) in [7, 11) is 5.23. The van der Waals surface area contributed by atoms with Crippen molar-refractivity contribution in [2.75, 3.05) is 20.6 Å². The summed E-state index contributed by atoms with van der Waals surface area (Å²) in [4.78, 5) is 32.3. The SMILES string of the molecule is CN(C)C(=O)c1cn(CCC2CCCCN2C(=O)c2cn(C)cn2)nn1. The quantitative estimate of drug-likeness (QED) is 0.788. The zero-order valence-corrected chi connectivity index (χ0v) is 15.5. The van der Waals surface area contributed by atoms with Gasteiger partial charge in [0.25, 0.3) is 11.8 Å². The fourth-order valence-corrected chi connectivity index (χ4v) is 3.25. The standard InChI is InChI=1S/C17H25N7O2/c1-21(2)16(25)15-11-23(20-19-15)9-7-13-6-4-5-8-24(13)17(26)14-10-22(3)12-18-14/h10-13H,4-9H2,1-3H3. The minimum absolute atomic E-state index is 0.0163. The maximum absolute atomic E-state index is 12.8. The molecule has 0 saturated carbocycles. The second-order valence-electron chi connectivity index (χ2n) is 6.93. The number of aromatic nitrogens is 5. The van der Waals surface area contributed by atoms with E-state index in [1.54, 1.807) is 42.1 Å². The first-order chi connectivity index (χ1) is 12.5. The number of piperidine rings is 1. The highest BCUT2D eigenvalue weighted by atomic mass is 16.2. The lowest BCUT2D eigenvalue weighted by Gasteiger charge is -2.35. The molecule has 140 valence electrons. The van der Waals surface area contributed by atoms with Crippen molar-refractivity contribution in [3.8, 4) is 0 Å². The van der Waals surface area contributed by atoms with E-state index in [1.165, 1.54) is 4.90 Å². The van der Waals surface area contributed by atoms with Gasteiger partial charge >= 0.3 is 0 Å². The van der Waals surface area contributed by atoms with Gasteiger partial charge in [0.1, 0.15) is 5.69 Å². The Balaban J connectivity index is 1.64. The number of rotatable bonds is 5. The molecule has 0 aliphatic carbocycles. The van der Waals surface area contributed by atoms with E-state index in [2.05, 4.69) is 15.3 Å². The van der Waals surface area contributed by atoms with Gasteiger partial charge in [0.15, 0.2) is 5.69 Å². The summed E-state index contributed by atoms with van der Waals surface area (Å²) in [6.45, 7) is 1.37. The first kappa shape index (κ1) is 18.1. The second-order valence-corrected chi connectivity index (χ2v) is 6.93. The van der Waals surface area contributed by atoms with Crippen LogP contribution >= 0.6 is 0 Å². The minimum Gasteiger partial charge on any atom is -0.343 e. The summed E-state index contributed by atoms with van der Waals surface area (Å²) in [6.07, 6.45) is 8.93. The average molecular weight is 359 g/mol. The van der Waals surface area contributed by atoms with Crippen LogP contribution in [0, 0.1) is 0 Å². The van der Waals surface area contributed by atoms with Crippen LogP contribution < -0.4 is 0 Å². The van der Waals surface area contributed by atoms with Gasteiger partial charge < -0.3 is 14.4 Å². The Morgan fingerprint density at radius 1 is 1.23 bits per heavy atom. The average Bonchev–Trinajstić information content (AvgIpc) is 3.28. The third kappa shape index (κ3) is 3.92. The molecular weight excluding hydrogens is 334 g/mol. The van der Waals surface area contributed by atoms with Gasteiger partial charge in [0, 0.05) is 46.5 Å². The maximum Gasteiger partial charge on any atom is 0.275 e. The number of carbonyl (C=O) groups is 2. The van der Waals surface area contributed by atoms with Crippen molar-refractivity contribution in [1.29, 1.82) is 0 Å². The summed E-state index contributed by atoms with van der Waals surface area (Å²) in [6, 6.07) is 0.149. The predicted octanol–water partition coefficient (Wildman–Crippen LogP) is 0.798. The largest absolute Gasteiger partial charge is 0.343 e. The molecule has 1 unspecified atom stereocenters. The van der Waals surface area contributed by atoms with Crippen LogP contribution in [0.15, 0.2) is 18.7 Å². The van der Waals surface area contributed by atoms with Gasteiger partial charge in [0.05, 0.1) is 12.5 Å². The monoisotopic (exact) mass is 359 g/mol. The van der Waals surface area contributed by atoms with Gasteiger partial charge in [0.2, 0.25) is 0 Å². The van der Waals surface area contributed by atoms with Crippen LogP contribution in [0.3, 0.4) is 0 Å². The van der Waals surface area contributed by atoms with Crippen LogP contribution in [0.2, 0.25) is 0 Å². The zero-order valence-electron chi connectivity index (χ0n) is 15.5. The Labute approximate surface area is 152 Å². The van der Waals surface area contributed by atoms with Crippen LogP contribution in [0.1, 0.15) is 46.7 Å². The van der Waals surface area contributed by atoms with E-state index in [0.717, 1.165) is 32.2 Å². The number of likely N-dealkylation sites (tertiary alicyclic amines) is 1. The summed E-state index contributed by atoms with van der Waals surface area (Å²) >= 11 is 0. The number of nitrogens with zero attached hydrogens (tertiary/aromatic N) is 7. The molecule has 3 rings (SSSR count). The Morgan fingerprint density at radius 3 is 2.73 bits per heavy atom. The van der Waals surface area contributed by atoms with E-state index in [4.69, 9.17) is 0 Å². The Hall–Kier alpha value is -2.71. The van der Waals surface area contributed by atoms with Gasteiger partial charge in [-0.2, -0.15) is 0 Å². The van der Waals surface area contributed by atoms with Crippen LogP contribution in [0.25, 0.3) is 0 Å². The fraction of sp³-hybridized carbons (Fsp3) is 0.588. The van der Waals surface area contributed by atoms with E-state index >= 15 is 0 Å². The highest BCUT2D eigenvalue weighted by molar-refractivity contribution is 5.92. The van der Waals surface area contributed by atoms with Crippen LogP contribution in [-0.4, -0.2) is 72.8 Å². The normalized spacial score (nSPS) is 17.3. The molecule has 0 bridgehead atoms. The first-order valence-corrected chi connectivity index (χ1v) is 8.86. The molecule has 26 heavy (non-hydrogen) atoms. The molecule has 2 aromatic rings. The lowest BCUT2D eigenvalue weighted by molar-refractivity contribution is 0.0588.